The molecule has 3 aromatic rings. The Labute approximate surface area is 227 Å². The van der Waals surface area contributed by atoms with E-state index in [1.165, 1.54) is 6.92 Å². The summed E-state index contributed by atoms with van der Waals surface area (Å²) in [4.78, 5) is 4.01. The van der Waals surface area contributed by atoms with Crippen LogP contribution in [0.1, 0.15) is 31.3 Å². The van der Waals surface area contributed by atoms with Crippen LogP contribution in [0.2, 0.25) is 0 Å². The van der Waals surface area contributed by atoms with Crippen LogP contribution in [0.4, 0.5) is 18.9 Å². The number of piperazine rings is 1. The molecule has 0 spiro atoms. The predicted molar refractivity (Wildman–Crippen MR) is 140 cm³/mol. The van der Waals surface area contributed by atoms with Gasteiger partial charge in [0.25, 0.3) is 0 Å². The molecule has 1 aromatic heterocycles. The first-order chi connectivity index (χ1) is 17.9. The van der Waals surface area contributed by atoms with E-state index in [0.29, 0.717) is 18.4 Å². The second kappa shape index (κ2) is 11.2. The normalized spacial score (nSPS) is 16.0. The molecule has 9 nitrogen and oxygen atoms in total. The highest BCUT2D eigenvalue weighted by molar-refractivity contribution is 9.10. The van der Waals surface area contributed by atoms with Crippen molar-refractivity contribution < 1.29 is 26.3 Å². The number of sulfonamides is 1. The number of nitrogens with zero attached hydrogens (tertiary/aromatic N) is 5. The third kappa shape index (κ3) is 6.47. The summed E-state index contributed by atoms with van der Waals surface area (Å²) in [5, 5.41) is 8.21. The Bertz CT molecular complexity index is 1390. The first-order valence-electron chi connectivity index (χ1n) is 11.9. The lowest BCUT2D eigenvalue weighted by molar-refractivity contribution is -0.137. The molecular weight excluding hydrogens is 589 g/mol. The molecule has 206 valence electrons. The molecule has 0 radical (unpaired) electrons. The molecule has 2 heterocycles. The molecular formula is C24H28BrF3N6O3S. The average Bonchev–Trinajstić information content (AvgIpc) is 3.26. The third-order valence-electron chi connectivity index (χ3n) is 6.19. The van der Waals surface area contributed by atoms with Gasteiger partial charge in [0.2, 0.25) is 10.0 Å². The minimum Gasteiger partial charge on any atom is -0.424 e. The fraction of sp³-hybridized carbons (Fsp3) is 0.417. The van der Waals surface area contributed by atoms with E-state index in [9.17, 15) is 21.6 Å². The van der Waals surface area contributed by atoms with Crippen molar-refractivity contribution in [3.8, 4) is 11.8 Å². The number of nitrogens with one attached hydrogen (secondary N) is 1. The third-order valence-corrected chi connectivity index (χ3v) is 8.16. The second-order valence-electron chi connectivity index (χ2n) is 8.99. The maximum atomic E-state index is 13.2. The van der Waals surface area contributed by atoms with Gasteiger partial charge >= 0.3 is 12.2 Å². The van der Waals surface area contributed by atoms with Crippen LogP contribution in [-0.4, -0.2) is 61.3 Å². The van der Waals surface area contributed by atoms with E-state index in [4.69, 9.17) is 4.74 Å². The van der Waals surface area contributed by atoms with E-state index in [1.54, 1.807) is 10.6 Å². The van der Waals surface area contributed by atoms with Gasteiger partial charge in [-0.2, -0.15) is 13.2 Å². The molecule has 1 fully saturated rings. The zero-order valence-corrected chi connectivity index (χ0v) is 23.4. The molecule has 0 saturated carbocycles. The summed E-state index contributed by atoms with van der Waals surface area (Å²) in [7, 11) is -2.23. The maximum Gasteiger partial charge on any atom is 0.416 e. The van der Waals surface area contributed by atoms with Crippen molar-refractivity contribution >= 4 is 31.6 Å². The topological polar surface area (TPSA) is 92.6 Å². The van der Waals surface area contributed by atoms with Crippen LogP contribution in [0.25, 0.3) is 0 Å². The molecule has 38 heavy (non-hydrogen) atoms. The first-order valence-corrected chi connectivity index (χ1v) is 14.2. The predicted octanol–water partition coefficient (Wildman–Crippen LogP) is 4.66. The minimum atomic E-state index is -4.70. The van der Waals surface area contributed by atoms with Crippen LogP contribution >= 0.6 is 15.9 Å². The van der Waals surface area contributed by atoms with E-state index in [2.05, 4.69) is 47.7 Å². The molecule has 1 N–H and O–H groups in total. The smallest absolute Gasteiger partial charge is 0.416 e. The van der Waals surface area contributed by atoms with Crippen LogP contribution in [-0.2, 0) is 22.7 Å². The van der Waals surface area contributed by atoms with E-state index in [0.717, 1.165) is 44.0 Å². The number of aromatic nitrogens is 3. The Kier molecular flexibility index (Phi) is 8.35. The Morgan fingerprint density at radius 2 is 1.82 bits per heavy atom. The van der Waals surface area contributed by atoms with Gasteiger partial charge in [-0.15, -0.1) is 5.10 Å². The molecule has 1 saturated heterocycles. The Hall–Kier alpha value is -2.68. The molecule has 0 unspecified atom stereocenters. The summed E-state index contributed by atoms with van der Waals surface area (Å²) in [5.74, 6) is 0.810. The molecule has 1 atom stereocenters. The van der Waals surface area contributed by atoms with Crippen LogP contribution in [0.5, 0.6) is 11.8 Å². The summed E-state index contributed by atoms with van der Waals surface area (Å²) in [6.45, 7) is 7.45. The van der Waals surface area contributed by atoms with Crippen molar-refractivity contribution in [2.24, 2.45) is 0 Å². The van der Waals surface area contributed by atoms with Crippen LogP contribution in [0.3, 0.4) is 0 Å². The fourth-order valence-electron chi connectivity index (χ4n) is 4.14. The Balaban J connectivity index is 1.53. The summed E-state index contributed by atoms with van der Waals surface area (Å²) >= 11 is 2.96. The number of benzene rings is 2. The number of ether oxygens (including phenoxy) is 1. The summed E-state index contributed by atoms with van der Waals surface area (Å²) < 4.78 is 75.6. The first kappa shape index (κ1) is 28.3. The van der Waals surface area contributed by atoms with Crippen molar-refractivity contribution in [2.75, 3.05) is 38.1 Å². The number of halogens is 4. The largest absolute Gasteiger partial charge is 0.424 e. The van der Waals surface area contributed by atoms with Crippen molar-refractivity contribution in [3.05, 3.63) is 58.3 Å². The quantitative estimate of drug-likeness (QED) is 0.393. The van der Waals surface area contributed by atoms with E-state index < -0.39 is 32.7 Å². The molecule has 0 aliphatic carbocycles. The molecule has 1 aliphatic rings. The lowest BCUT2D eigenvalue weighted by Crippen LogP contribution is -2.44. The molecule has 2 aromatic carbocycles. The zero-order chi connectivity index (χ0) is 27.7. The number of hydrogen-bond acceptors (Lipinski definition) is 7. The number of rotatable bonds is 8. The van der Waals surface area contributed by atoms with Crippen LogP contribution < -0.4 is 14.4 Å². The SMILES string of the molecule is CCn1c(Oc2cccc(N3CCN(C)CC3)c2)nnc1[C@@H](C)NS(=O)(=O)c1cc(Br)cc(C(F)(F)F)c1. The van der Waals surface area contributed by atoms with Gasteiger partial charge in [0.1, 0.15) is 5.75 Å². The highest BCUT2D eigenvalue weighted by atomic mass is 79.9. The van der Waals surface area contributed by atoms with Gasteiger partial charge in [0.15, 0.2) is 5.82 Å². The van der Waals surface area contributed by atoms with Gasteiger partial charge in [-0.05, 0) is 51.2 Å². The summed E-state index contributed by atoms with van der Waals surface area (Å²) in [6, 6.07) is 9.39. The van der Waals surface area contributed by atoms with E-state index >= 15 is 0 Å². The lowest BCUT2D eigenvalue weighted by Gasteiger charge is -2.34. The standard InChI is InChI=1S/C24H28BrF3N6O3S/c1-4-34-22(16(2)31-38(35,36)21-13-17(24(26,27)28)12-18(25)14-21)29-30-23(34)37-20-7-5-6-19(15-20)33-10-8-32(3)9-11-33/h5-7,12-16,31H,4,8-11H2,1-3H3/t16-/m1/s1. The minimum absolute atomic E-state index is 0.00781. The highest BCUT2D eigenvalue weighted by Crippen LogP contribution is 2.34. The van der Waals surface area contributed by atoms with Gasteiger partial charge < -0.3 is 14.5 Å². The highest BCUT2D eigenvalue weighted by Gasteiger charge is 2.33. The van der Waals surface area contributed by atoms with Crippen LogP contribution in [0.15, 0.2) is 51.8 Å². The second-order valence-corrected chi connectivity index (χ2v) is 11.6. The lowest BCUT2D eigenvalue weighted by atomic mass is 10.2. The Morgan fingerprint density at radius 1 is 1.11 bits per heavy atom. The number of alkyl halides is 3. The molecule has 14 heteroatoms. The number of anilines is 1. The van der Waals surface area contributed by atoms with Crippen LogP contribution in [0, 0.1) is 0 Å². The molecule has 0 amide bonds. The van der Waals surface area contributed by atoms with Gasteiger partial charge in [0.05, 0.1) is 16.5 Å². The van der Waals surface area contributed by atoms with Gasteiger partial charge in [0, 0.05) is 49.0 Å². The van der Waals surface area contributed by atoms with E-state index in [-0.39, 0.29) is 16.3 Å². The Morgan fingerprint density at radius 3 is 2.47 bits per heavy atom. The van der Waals surface area contributed by atoms with Crippen molar-refractivity contribution in [1.82, 2.24) is 24.4 Å². The van der Waals surface area contributed by atoms with Crippen molar-refractivity contribution in [2.45, 2.75) is 37.5 Å². The fourth-order valence-corrected chi connectivity index (χ4v) is 6.06. The summed E-state index contributed by atoms with van der Waals surface area (Å²) in [5.41, 5.74) is -0.0575. The molecule has 4 rings (SSSR count). The monoisotopic (exact) mass is 616 g/mol. The summed E-state index contributed by atoms with van der Waals surface area (Å²) in [6.07, 6.45) is -4.70. The van der Waals surface area contributed by atoms with Gasteiger partial charge in [-0.1, -0.05) is 27.1 Å². The molecule has 0 bridgehead atoms. The van der Waals surface area contributed by atoms with E-state index in [1.807, 2.05) is 25.1 Å². The van der Waals surface area contributed by atoms with Gasteiger partial charge in [-0.25, -0.2) is 13.1 Å². The van der Waals surface area contributed by atoms with Crippen molar-refractivity contribution in [1.29, 1.82) is 0 Å². The van der Waals surface area contributed by atoms with Crippen molar-refractivity contribution in [3.63, 3.8) is 0 Å². The molecule has 1 aliphatic heterocycles. The average molecular weight is 617 g/mol. The zero-order valence-electron chi connectivity index (χ0n) is 21.0. The number of likely N-dealkylation sites (N-methyl/N-ethyl adjacent to an activating group) is 1. The van der Waals surface area contributed by atoms with Gasteiger partial charge in [-0.3, -0.25) is 4.57 Å². The maximum absolute atomic E-state index is 13.2. The number of hydrogen-bond donors (Lipinski definition) is 1.